The Balaban J connectivity index is 2.01. The largest absolute Gasteiger partial charge is 0.332 e. The third-order valence-corrected chi connectivity index (χ3v) is 4.31. The molecule has 0 fully saturated rings. The highest BCUT2D eigenvalue weighted by Crippen LogP contribution is 2.21. The van der Waals surface area contributed by atoms with Gasteiger partial charge in [-0.2, -0.15) is 0 Å². The number of benzene rings is 2. The number of nitrogens with one attached hydrogen (secondary N) is 2. The van der Waals surface area contributed by atoms with Gasteiger partial charge in [0.2, 0.25) is 0 Å². The first-order chi connectivity index (χ1) is 9.71. The Labute approximate surface area is 133 Å². The lowest BCUT2D eigenvalue weighted by atomic mass is 10.3. The van der Waals surface area contributed by atoms with E-state index in [9.17, 15) is 0 Å². The summed E-state index contributed by atoms with van der Waals surface area (Å²) in [5.74, 6) is 0. The van der Waals surface area contributed by atoms with Crippen LogP contribution >= 0.6 is 35.7 Å². The molecular formula is C15H16N2S3. The number of rotatable bonds is 4. The Bertz CT molecular complexity index is 548. The number of thioether (sulfide) groups is 2. The maximum absolute atomic E-state index is 5.34. The van der Waals surface area contributed by atoms with E-state index in [1.54, 1.807) is 23.5 Å². The molecule has 2 aromatic rings. The SMILES string of the molecule is CSc1cccc(NC(=S)Nc2cccc(SC)c2)c1. The lowest BCUT2D eigenvalue weighted by Crippen LogP contribution is -2.19. The molecule has 0 aliphatic carbocycles. The second kappa shape index (κ2) is 7.57. The first-order valence-electron chi connectivity index (χ1n) is 6.07. The van der Waals surface area contributed by atoms with E-state index in [1.807, 2.05) is 24.3 Å². The van der Waals surface area contributed by atoms with Gasteiger partial charge in [-0.3, -0.25) is 0 Å². The van der Waals surface area contributed by atoms with Gasteiger partial charge in [-0.25, -0.2) is 0 Å². The van der Waals surface area contributed by atoms with Crippen LogP contribution in [0.15, 0.2) is 58.3 Å². The molecule has 0 aliphatic rings. The van der Waals surface area contributed by atoms with Gasteiger partial charge in [0, 0.05) is 21.2 Å². The van der Waals surface area contributed by atoms with Gasteiger partial charge < -0.3 is 10.6 Å². The molecular weight excluding hydrogens is 304 g/mol. The van der Waals surface area contributed by atoms with Crippen LogP contribution in [-0.2, 0) is 0 Å². The number of hydrogen-bond acceptors (Lipinski definition) is 3. The molecule has 0 saturated carbocycles. The Hall–Kier alpha value is -1.17. The van der Waals surface area contributed by atoms with E-state index in [2.05, 4.69) is 47.4 Å². The van der Waals surface area contributed by atoms with E-state index in [4.69, 9.17) is 12.2 Å². The molecule has 2 rings (SSSR count). The number of thiocarbonyl (C=S) groups is 1. The monoisotopic (exact) mass is 320 g/mol. The summed E-state index contributed by atoms with van der Waals surface area (Å²) in [4.78, 5) is 2.42. The minimum Gasteiger partial charge on any atom is -0.332 e. The molecule has 5 heteroatoms. The van der Waals surface area contributed by atoms with E-state index < -0.39 is 0 Å². The average molecular weight is 321 g/mol. The summed E-state index contributed by atoms with van der Waals surface area (Å²) < 4.78 is 0. The lowest BCUT2D eigenvalue weighted by molar-refractivity contribution is 1.44. The molecule has 0 heterocycles. The average Bonchev–Trinajstić information content (AvgIpc) is 2.47. The van der Waals surface area contributed by atoms with Gasteiger partial charge in [-0.15, -0.1) is 23.5 Å². The molecule has 0 unspecified atom stereocenters. The lowest BCUT2D eigenvalue weighted by Gasteiger charge is -2.11. The quantitative estimate of drug-likeness (QED) is 0.614. The molecule has 0 bridgehead atoms. The fourth-order valence-corrected chi connectivity index (χ4v) is 2.85. The third kappa shape index (κ3) is 4.44. The van der Waals surface area contributed by atoms with E-state index in [-0.39, 0.29) is 0 Å². The van der Waals surface area contributed by atoms with Gasteiger partial charge in [0.1, 0.15) is 0 Å². The summed E-state index contributed by atoms with van der Waals surface area (Å²) in [6.45, 7) is 0. The Morgan fingerprint density at radius 2 is 1.30 bits per heavy atom. The van der Waals surface area contributed by atoms with Crippen LogP contribution in [0.25, 0.3) is 0 Å². The van der Waals surface area contributed by atoms with Gasteiger partial charge in [-0.05, 0) is 61.1 Å². The van der Waals surface area contributed by atoms with Crippen molar-refractivity contribution in [2.75, 3.05) is 23.1 Å². The molecule has 0 spiro atoms. The molecule has 104 valence electrons. The van der Waals surface area contributed by atoms with Crippen molar-refractivity contribution in [2.45, 2.75) is 9.79 Å². The van der Waals surface area contributed by atoms with Gasteiger partial charge in [-0.1, -0.05) is 12.1 Å². The topological polar surface area (TPSA) is 24.1 Å². The molecule has 20 heavy (non-hydrogen) atoms. The summed E-state index contributed by atoms with van der Waals surface area (Å²) >= 11 is 8.77. The van der Waals surface area contributed by atoms with Crippen molar-refractivity contribution >= 4 is 52.2 Å². The van der Waals surface area contributed by atoms with Crippen LogP contribution in [0.2, 0.25) is 0 Å². The zero-order chi connectivity index (χ0) is 14.4. The van der Waals surface area contributed by atoms with Crippen molar-refractivity contribution in [1.82, 2.24) is 0 Å². The second-order valence-electron chi connectivity index (χ2n) is 4.04. The molecule has 2 aromatic carbocycles. The molecule has 0 saturated heterocycles. The fourth-order valence-electron chi connectivity index (χ4n) is 1.70. The summed E-state index contributed by atoms with van der Waals surface area (Å²) in [7, 11) is 0. The minimum atomic E-state index is 0.599. The van der Waals surface area contributed by atoms with Crippen molar-refractivity contribution in [2.24, 2.45) is 0 Å². The van der Waals surface area contributed by atoms with Gasteiger partial charge in [0.05, 0.1) is 0 Å². The zero-order valence-electron chi connectivity index (χ0n) is 11.3. The van der Waals surface area contributed by atoms with Crippen LogP contribution in [0.3, 0.4) is 0 Å². The summed E-state index contributed by atoms with van der Waals surface area (Å²) in [6, 6.07) is 16.4. The van der Waals surface area contributed by atoms with Crippen molar-refractivity contribution in [3.63, 3.8) is 0 Å². The predicted octanol–water partition coefficient (Wildman–Crippen LogP) is 4.94. The Morgan fingerprint density at radius 1 is 0.850 bits per heavy atom. The van der Waals surface area contributed by atoms with Gasteiger partial charge in [0.15, 0.2) is 5.11 Å². The van der Waals surface area contributed by atoms with E-state index in [0.717, 1.165) is 11.4 Å². The van der Waals surface area contributed by atoms with Crippen LogP contribution in [0, 0.1) is 0 Å². The Kier molecular flexibility index (Phi) is 5.76. The fraction of sp³-hybridized carbons (Fsp3) is 0.133. The van der Waals surface area contributed by atoms with Crippen LogP contribution < -0.4 is 10.6 Å². The minimum absolute atomic E-state index is 0.599. The number of hydrogen-bond donors (Lipinski definition) is 2. The summed E-state index contributed by atoms with van der Waals surface area (Å²) in [5.41, 5.74) is 1.99. The van der Waals surface area contributed by atoms with Crippen molar-refractivity contribution < 1.29 is 0 Å². The first-order valence-corrected chi connectivity index (χ1v) is 8.93. The molecule has 0 atom stereocenters. The highest BCUT2D eigenvalue weighted by molar-refractivity contribution is 7.98. The van der Waals surface area contributed by atoms with Crippen molar-refractivity contribution in [1.29, 1.82) is 0 Å². The molecule has 0 aromatic heterocycles. The standard InChI is InChI=1S/C15H16N2S3/c1-19-13-7-3-5-11(9-13)16-15(18)17-12-6-4-8-14(10-12)20-2/h3-10H,1-2H3,(H2,16,17,18). The number of anilines is 2. The molecule has 0 amide bonds. The molecule has 0 aliphatic heterocycles. The van der Waals surface area contributed by atoms with Gasteiger partial charge >= 0.3 is 0 Å². The van der Waals surface area contributed by atoms with Crippen molar-refractivity contribution in [3.05, 3.63) is 48.5 Å². The highest BCUT2D eigenvalue weighted by atomic mass is 32.2. The zero-order valence-corrected chi connectivity index (χ0v) is 13.8. The van der Waals surface area contributed by atoms with E-state index >= 15 is 0 Å². The molecule has 0 radical (unpaired) electrons. The summed E-state index contributed by atoms with van der Waals surface area (Å²) in [6.07, 6.45) is 4.12. The maximum atomic E-state index is 5.34. The maximum Gasteiger partial charge on any atom is 0.175 e. The third-order valence-electron chi connectivity index (χ3n) is 2.66. The van der Waals surface area contributed by atoms with Crippen molar-refractivity contribution in [3.8, 4) is 0 Å². The van der Waals surface area contributed by atoms with Gasteiger partial charge in [0.25, 0.3) is 0 Å². The molecule has 2 nitrogen and oxygen atoms in total. The normalized spacial score (nSPS) is 10.1. The smallest absolute Gasteiger partial charge is 0.175 e. The van der Waals surface area contributed by atoms with Crippen LogP contribution in [0.4, 0.5) is 11.4 Å². The van der Waals surface area contributed by atoms with Crippen LogP contribution in [0.5, 0.6) is 0 Å². The Morgan fingerprint density at radius 3 is 1.70 bits per heavy atom. The highest BCUT2D eigenvalue weighted by Gasteiger charge is 2.00. The van der Waals surface area contributed by atoms with Crippen LogP contribution in [0.1, 0.15) is 0 Å². The second-order valence-corrected chi connectivity index (χ2v) is 6.21. The predicted molar refractivity (Wildman–Crippen MR) is 96.3 cm³/mol. The van der Waals surface area contributed by atoms with E-state index in [1.165, 1.54) is 9.79 Å². The summed E-state index contributed by atoms with van der Waals surface area (Å²) in [5, 5.41) is 7.00. The molecule has 2 N–H and O–H groups in total. The van der Waals surface area contributed by atoms with Crippen LogP contribution in [-0.4, -0.2) is 17.6 Å². The van der Waals surface area contributed by atoms with E-state index in [0.29, 0.717) is 5.11 Å². The first kappa shape index (κ1) is 15.2.